The van der Waals surface area contributed by atoms with Gasteiger partial charge in [-0.1, -0.05) is 43.0 Å². The lowest BCUT2D eigenvalue weighted by atomic mass is 9.95. The number of hydrogen-bond donors (Lipinski definition) is 1. The number of aryl methyl sites for hydroxylation is 1. The van der Waals surface area contributed by atoms with E-state index < -0.39 is 0 Å². The van der Waals surface area contributed by atoms with Crippen molar-refractivity contribution < 1.29 is 4.74 Å². The molecule has 0 bridgehead atoms. The maximum atomic E-state index is 6.07. The lowest BCUT2D eigenvalue weighted by Crippen LogP contribution is -2.29. The van der Waals surface area contributed by atoms with E-state index in [-0.39, 0.29) is 12.1 Å². The van der Waals surface area contributed by atoms with Crippen LogP contribution in [-0.2, 0) is 0 Å². The molecular weight excluding hydrogens is 476 g/mol. The summed E-state index contributed by atoms with van der Waals surface area (Å²) in [7, 11) is 0. The Morgan fingerprint density at radius 1 is 0.892 bits per heavy atom. The summed E-state index contributed by atoms with van der Waals surface area (Å²) in [6.07, 6.45) is 12.9. The number of hydrogen-bond acceptors (Lipinski definition) is 3. The van der Waals surface area contributed by atoms with Crippen LogP contribution in [0.2, 0.25) is 0 Å². The number of pyridine rings is 1. The van der Waals surface area contributed by atoms with E-state index in [0.717, 1.165) is 22.9 Å². The first-order valence-corrected chi connectivity index (χ1v) is 13.6. The molecular formula is C31H32N4OS. The lowest BCUT2D eigenvalue weighted by Gasteiger charge is -2.28. The number of ether oxygens (including phenoxy) is 1. The van der Waals surface area contributed by atoms with Gasteiger partial charge < -0.3 is 19.5 Å². The van der Waals surface area contributed by atoms with Crippen molar-refractivity contribution in [1.29, 1.82) is 0 Å². The highest BCUT2D eigenvalue weighted by Crippen LogP contribution is 2.42. The predicted octanol–water partition coefficient (Wildman–Crippen LogP) is 7.67. The molecule has 1 aliphatic heterocycles. The fourth-order valence-electron chi connectivity index (χ4n) is 5.60. The molecule has 0 amide bonds. The molecule has 2 aromatic carbocycles. The van der Waals surface area contributed by atoms with Gasteiger partial charge in [0, 0.05) is 30.3 Å². The largest absolute Gasteiger partial charge is 0.457 e. The van der Waals surface area contributed by atoms with Crippen molar-refractivity contribution in [3.63, 3.8) is 0 Å². The summed E-state index contributed by atoms with van der Waals surface area (Å²) in [4.78, 5) is 6.91. The van der Waals surface area contributed by atoms with Crippen molar-refractivity contribution in [2.45, 2.75) is 57.2 Å². The summed E-state index contributed by atoms with van der Waals surface area (Å²) in [5, 5.41) is 4.28. The maximum Gasteiger partial charge on any atom is 0.174 e. The molecule has 3 heterocycles. The first kappa shape index (κ1) is 23.7. The van der Waals surface area contributed by atoms with Gasteiger partial charge in [-0.05, 0) is 92.1 Å². The Balaban J connectivity index is 1.31. The molecule has 6 heteroatoms. The zero-order valence-corrected chi connectivity index (χ0v) is 21.9. The van der Waals surface area contributed by atoms with E-state index in [1.165, 1.54) is 43.2 Å². The first-order valence-electron chi connectivity index (χ1n) is 13.2. The van der Waals surface area contributed by atoms with E-state index in [9.17, 15) is 0 Å². The minimum absolute atomic E-state index is 0.00360. The predicted molar refractivity (Wildman–Crippen MR) is 152 cm³/mol. The number of benzene rings is 2. The van der Waals surface area contributed by atoms with Crippen LogP contribution < -0.4 is 15.0 Å². The Labute approximate surface area is 224 Å². The molecule has 1 saturated carbocycles. The van der Waals surface area contributed by atoms with Crippen molar-refractivity contribution in [1.82, 2.24) is 14.9 Å². The molecule has 4 aromatic rings. The van der Waals surface area contributed by atoms with Crippen LogP contribution in [0.1, 0.15) is 67.1 Å². The number of nitrogens with one attached hydrogen (secondary N) is 1. The standard InChI is InChI=1S/C31H32N4OS/c1-22-10-14-26(15-11-22)36-27-16-12-25(13-17-27)35-30(29(33-31(35)37)28-9-5-6-19-32-28)23-18-20-34(21-23)24-7-3-2-4-8-24/h5-6,9-21,24,29-30H,2-4,7-8H2,1H3,(H,33,37)/t29-,30-/m1/s1. The van der Waals surface area contributed by atoms with Gasteiger partial charge in [-0.25, -0.2) is 0 Å². The van der Waals surface area contributed by atoms with E-state index in [1.807, 2.05) is 42.6 Å². The van der Waals surface area contributed by atoms with Crippen molar-refractivity contribution in [3.8, 4) is 11.5 Å². The third kappa shape index (κ3) is 4.98. The van der Waals surface area contributed by atoms with Gasteiger partial charge in [0.05, 0.1) is 17.8 Å². The van der Waals surface area contributed by atoms with E-state index in [2.05, 4.69) is 75.5 Å². The second-order valence-electron chi connectivity index (χ2n) is 10.1. The number of aromatic nitrogens is 2. The Hall–Kier alpha value is -3.64. The topological polar surface area (TPSA) is 42.3 Å². The average molecular weight is 509 g/mol. The van der Waals surface area contributed by atoms with Crippen LogP contribution in [-0.4, -0.2) is 14.7 Å². The zero-order chi connectivity index (χ0) is 25.2. The molecule has 0 unspecified atom stereocenters. The normalized spacial score (nSPS) is 20.1. The molecule has 1 N–H and O–H groups in total. The van der Waals surface area contributed by atoms with Gasteiger partial charge in [0.1, 0.15) is 11.5 Å². The van der Waals surface area contributed by atoms with Crippen molar-refractivity contribution in [2.75, 3.05) is 4.90 Å². The van der Waals surface area contributed by atoms with Gasteiger partial charge in [-0.15, -0.1) is 0 Å². The van der Waals surface area contributed by atoms with Crippen LogP contribution >= 0.6 is 12.2 Å². The van der Waals surface area contributed by atoms with E-state index >= 15 is 0 Å². The molecule has 2 atom stereocenters. The first-order chi connectivity index (χ1) is 18.2. The van der Waals surface area contributed by atoms with Gasteiger partial charge in [0.15, 0.2) is 5.11 Å². The highest BCUT2D eigenvalue weighted by molar-refractivity contribution is 7.80. The fraction of sp³-hybridized carbons (Fsp3) is 0.290. The van der Waals surface area contributed by atoms with Crippen LogP contribution in [0.4, 0.5) is 5.69 Å². The molecule has 37 heavy (non-hydrogen) atoms. The molecule has 5 nitrogen and oxygen atoms in total. The van der Waals surface area contributed by atoms with Gasteiger partial charge in [-0.2, -0.15) is 0 Å². The van der Waals surface area contributed by atoms with Crippen LogP contribution in [0.5, 0.6) is 11.5 Å². The Morgan fingerprint density at radius 3 is 2.32 bits per heavy atom. The van der Waals surface area contributed by atoms with Gasteiger partial charge in [-0.3, -0.25) is 4.98 Å². The summed E-state index contributed by atoms with van der Waals surface area (Å²) in [6, 6.07) is 25.2. The third-order valence-corrected chi connectivity index (χ3v) is 7.86. The van der Waals surface area contributed by atoms with Crippen LogP contribution in [0.25, 0.3) is 0 Å². The molecule has 0 radical (unpaired) electrons. The van der Waals surface area contributed by atoms with Crippen molar-refractivity contribution in [2.24, 2.45) is 0 Å². The quantitative estimate of drug-likeness (QED) is 0.271. The van der Waals surface area contributed by atoms with Crippen molar-refractivity contribution in [3.05, 3.63) is 108 Å². The minimum atomic E-state index is -0.0422. The summed E-state index contributed by atoms with van der Waals surface area (Å²) < 4.78 is 8.49. The summed E-state index contributed by atoms with van der Waals surface area (Å²) >= 11 is 5.91. The molecule has 0 spiro atoms. The Morgan fingerprint density at radius 2 is 1.62 bits per heavy atom. The molecule has 1 aliphatic carbocycles. The summed E-state index contributed by atoms with van der Waals surface area (Å²) in [5.41, 5.74) is 4.47. The van der Waals surface area contributed by atoms with Crippen molar-refractivity contribution >= 4 is 23.0 Å². The SMILES string of the molecule is Cc1ccc(Oc2ccc(N3C(=S)N[C@H](c4ccccn4)[C@H]3c3ccn(C4CCCCC4)c3)cc2)cc1. The average Bonchev–Trinajstić information content (AvgIpc) is 3.56. The number of thiocarbonyl (C=S) groups is 1. The van der Waals surface area contributed by atoms with Crippen LogP contribution in [0.15, 0.2) is 91.4 Å². The minimum Gasteiger partial charge on any atom is -0.457 e. The number of rotatable bonds is 6. The van der Waals surface area contributed by atoms with Gasteiger partial charge in [0.2, 0.25) is 0 Å². The van der Waals surface area contributed by atoms with E-state index in [1.54, 1.807) is 0 Å². The molecule has 6 rings (SSSR count). The molecule has 1 saturated heterocycles. The summed E-state index contributed by atoms with van der Waals surface area (Å²) in [6.45, 7) is 2.07. The smallest absolute Gasteiger partial charge is 0.174 e. The van der Waals surface area contributed by atoms with Gasteiger partial charge >= 0.3 is 0 Å². The molecule has 2 aliphatic rings. The van der Waals surface area contributed by atoms with Gasteiger partial charge in [0.25, 0.3) is 0 Å². The fourth-order valence-corrected chi connectivity index (χ4v) is 5.95. The molecule has 2 aromatic heterocycles. The third-order valence-electron chi connectivity index (χ3n) is 7.54. The van der Waals surface area contributed by atoms with Crippen LogP contribution in [0, 0.1) is 6.92 Å². The second kappa shape index (κ2) is 10.4. The summed E-state index contributed by atoms with van der Waals surface area (Å²) in [5.74, 6) is 1.63. The molecule has 2 fully saturated rings. The molecule has 188 valence electrons. The van der Waals surface area contributed by atoms with Crippen LogP contribution in [0.3, 0.4) is 0 Å². The highest BCUT2D eigenvalue weighted by Gasteiger charge is 2.41. The number of anilines is 1. The number of nitrogens with zero attached hydrogens (tertiary/aromatic N) is 3. The highest BCUT2D eigenvalue weighted by atomic mass is 32.1. The maximum absolute atomic E-state index is 6.07. The Kier molecular flexibility index (Phi) is 6.66. The monoisotopic (exact) mass is 508 g/mol. The zero-order valence-electron chi connectivity index (χ0n) is 21.1. The lowest BCUT2D eigenvalue weighted by molar-refractivity contribution is 0.353. The van der Waals surface area contributed by atoms with E-state index in [4.69, 9.17) is 17.0 Å². The second-order valence-corrected chi connectivity index (χ2v) is 10.5. The Bertz CT molecular complexity index is 1340. The van der Waals surface area contributed by atoms with E-state index in [0.29, 0.717) is 11.2 Å².